The number of nitrogens with zero attached hydrogens (tertiary/aromatic N) is 1. The lowest BCUT2D eigenvalue weighted by molar-refractivity contribution is -0.0789. The highest BCUT2D eigenvalue weighted by Gasteiger charge is 2.48. The summed E-state index contributed by atoms with van der Waals surface area (Å²) < 4.78 is 18.6. The minimum Gasteiger partial charge on any atom is -0.369 e. The topological polar surface area (TPSA) is 30.9 Å². The van der Waals surface area contributed by atoms with Crippen molar-refractivity contribution in [1.29, 1.82) is 0 Å². The second-order valence-electron chi connectivity index (χ2n) is 5.48. The van der Waals surface area contributed by atoms with Crippen molar-refractivity contribution < 1.29 is 13.3 Å². The minimum atomic E-state index is -2.55. The average molecular weight is 294 g/mol. The van der Waals surface area contributed by atoms with Gasteiger partial charge in [0.25, 0.3) is 0 Å². The number of halogens is 1. The summed E-state index contributed by atoms with van der Waals surface area (Å²) in [6.45, 7) is 9.22. The predicted molar refractivity (Wildman–Crippen MR) is 74.0 cm³/mol. The van der Waals surface area contributed by atoms with Gasteiger partial charge in [-0.15, -0.1) is 11.6 Å². The highest BCUT2D eigenvalue weighted by Crippen LogP contribution is 2.28. The summed E-state index contributed by atoms with van der Waals surface area (Å²) in [6.07, 6.45) is 1.41. The van der Waals surface area contributed by atoms with Gasteiger partial charge >= 0.3 is 8.80 Å². The molecule has 6 heteroatoms. The van der Waals surface area contributed by atoms with E-state index in [1.165, 1.54) is 0 Å². The fraction of sp³-hybridized carbons (Fsp3) is 1.00. The third-order valence-electron chi connectivity index (χ3n) is 3.30. The quantitative estimate of drug-likeness (QED) is 0.589. The van der Waals surface area contributed by atoms with E-state index in [-0.39, 0.29) is 18.3 Å². The Morgan fingerprint density at radius 3 is 1.83 bits per heavy atom. The van der Waals surface area contributed by atoms with Crippen molar-refractivity contribution >= 4 is 20.4 Å². The third kappa shape index (κ3) is 3.68. The molecular formula is C12H24ClNO3Si. The molecule has 2 bridgehead atoms. The van der Waals surface area contributed by atoms with Gasteiger partial charge in [-0.2, -0.15) is 0 Å². The summed E-state index contributed by atoms with van der Waals surface area (Å²) in [5, 5.41) is 0. The SMILES string of the molecule is CC1CN2CC(C)O[Si](CCCCl)(O1)OC(C)C2. The molecule has 0 saturated carbocycles. The first-order valence-corrected chi connectivity index (χ1v) is 9.31. The monoisotopic (exact) mass is 293 g/mol. The molecule has 3 heterocycles. The van der Waals surface area contributed by atoms with Crippen molar-refractivity contribution in [1.82, 2.24) is 4.90 Å². The first-order chi connectivity index (χ1) is 8.53. The molecule has 0 N–H and O–H groups in total. The fourth-order valence-electron chi connectivity index (χ4n) is 2.89. The molecule has 0 aromatic heterocycles. The summed E-state index contributed by atoms with van der Waals surface area (Å²) in [4.78, 5) is 2.37. The summed E-state index contributed by atoms with van der Waals surface area (Å²) in [5.74, 6) is 0.633. The van der Waals surface area contributed by atoms with Crippen molar-refractivity contribution in [3.8, 4) is 0 Å². The van der Waals surface area contributed by atoms with E-state index in [1.54, 1.807) is 0 Å². The number of rotatable bonds is 3. The second-order valence-corrected chi connectivity index (χ2v) is 8.43. The van der Waals surface area contributed by atoms with Crippen molar-refractivity contribution in [2.75, 3.05) is 25.5 Å². The Hall–Kier alpha value is 0.347. The molecule has 0 aromatic carbocycles. The molecule has 0 aromatic rings. The maximum Gasteiger partial charge on any atom is 0.501 e. The van der Waals surface area contributed by atoms with Gasteiger partial charge in [-0.05, 0) is 27.2 Å². The first-order valence-electron chi connectivity index (χ1n) is 6.85. The molecule has 3 aliphatic rings. The zero-order chi connectivity index (χ0) is 13.2. The zero-order valence-electron chi connectivity index (χ0n) is 11.5. The van der Waals surface area contributed by atoms with Crippen LogP contribution in [0.3, 0.4) is 0 Å². The second kappa shape index (κ2) is 6.20. The van der Waals surface area contributed by atoms with Crippen LogP contribution in [0, 0.1) is 0 Å². The van der Waals surface area contributed by atoms with Gasteiger partial charge in [-0.3, -0.25) is 4.90 Å². The van der Waals surface area contributed by atoms with E-state index >= 15 is 0 Å². The highest BCUT2D eigenvalue weighted by atomic mass is 35.5. The highest BCUT2D eigenvalue weighted by molar-refractivity contribution is 6.61. The van der Waals surface area contributed by atoms with Crippen LogP contribution in [-0.4, -0.2) is 57.5 Å². The largest absolute Gasteiger partial charge is 0.501 e. The van der Waals surface area contributed by atoms with Crippen molar-refractivity contribution in [3.05, 3.63) is 0 Å². The molecule has 3 rings (SSSR count). The van der Waals surface area contributed by atoms with Gasteiger partial charge in [0.2, 0.25) is 0 Å². The minimum absolute atomic E-state index is 0.173. The van der Waals surface area contributed by atoms with Crippen LogP contribution < -0.4 is 0 Å². The number of alkyl halides is 1. The van der Waals surface area contributed by atoms with Crippen molar-refractivity contribution in [2.45, 2.75) is 51.5 Å². The van der Waals surface area contributed by atoms with E-state index in [0.29, 0.717) is 5.88 Å². The first kappa shape index (κ1) is 14.7. The van der Waals surface area contributed by atoms with E-state index in [4.69, 9.17) is 24.9 Å². The lowest BCUT2D eigenvalue weighted by atomic mass is 10.2. The Morgan fingerprint density at radius 1 is 1.00 bits per heavy atom. The van der Waals surface area contributed by atoms with Crippen LogP contribution in [0.1, 0.15) is 27.2 Å². The van der Waals surface area contributed by atoms with E-state index in [0.717, 1.165) is 32.1 Å². The molecule has 0 spiro atoms. The van der Waals surface area contributed by atoms with Gasteiger partial charge in [0.05, 0.1) is 18.3 Å². The molecule has 18 heavy (non-hydrogen) atoms. The lowest BCUT2D eigenvalue weighted by Crippen LogP contribution is -2.61. The standard InChI is InChI=1S/C12H24ClNO3Si/c1-10-7-14-8-11(2)16-18(15-10,6-4-5-13)17-12(3)9-14/h10-12H,4-9H2,1-3H3. The van der Waals surface area contributed by atoms with Crippen LogP contribution >= 0.6 is 11.6 Å². The summed E-state index contributed by atoms with van der Waals surface area (Å²) >= 11 is 5.82. The third-order valence-corrected chi connectivity index (χ3v) is 6.82. The van der Waals surface area contributed by atoms with Crippen molar-refractivity contribution in [3.63, 3.8) is 0 Å². The van der Waals surface area contributed by atoms with Crippen LogP contribution in [0.5, 0.6) is 0 Å². The molecule has 3 aliphatic heterocycles. The van der Waals surface area contributed by atoms with E-state index in [1.807, 2.05) is 0 Å². The molecule has 0 aliphatic carbocycles. The smallest absolute Gasteiger partial charge is 0.369 e. The van der Waals surface area contributed by atoms with Gasteiger partial charge < -0.3 is 13.3 Å². The molecule has 0 amide bonds. The van der Waals surface area contributed by atoms with Gasteiger partial charge in [0.15, 0.2) is 0 Å². The van der Waals surface area contributed by atoms with Gasteiger partial charge in [-0.1, -0.05) is 0 Å². The van der Waals surface area contributed by atoms with Gasteiger partial charge in [0.1, 0.15) is 0 Å². The molecule has 3 atom stereocenters. The normalized spacial score (nSPS) is 45.3. The Kier molecular flexibility index (Phi) is 5.08. The van der Waals surface area contributed by atoms with Crippen LogP contribution in [0.2, 0.25) is 6.04 Å². The van der Waals surface area contributed by atoms with Gasteiger partial charge in [-0.25, -0.2) is 0 Å². The maximum absolute atomic E-state index is 6.19. The Labute approximate surface area is 116 Å². The predicted octanol–water partition coefficient (Wildman–Crippen LogP) is 2.10. The Bertz CT molecular complexity index is 246. The molecule has 0 radical (unpaired) electrons. The molecular weight excluding hydrogens is 270 g/mol. The molecule has 4 nitrogen and oxygen atoms in total. The Morgan fingerprint density at radius 2 is 1.44 bits per heavy atom. The van der Waals surface area contributed by atoms with Crippen LogP contribution in [0.4, 0.5) is 0 Å². The molecule has 3 fully saturated rings. The fourth-order valence-corrected chi connectivity index (χ4v) is 6.44. The maximum atomic E-state index is 6.19. The zero-order valence-corrected chi connectivity index (χ0v) is 13.3. The molecule has 3 saturated heterocycles. The van der Waals surface area contributed by atoms with E-state index < -0.39 is 8.80 Å². The van der Waals surface area contributed by atoms with Crippen LogP contribution in [0.15, 0.2) is 0 Å². The van der Waals surface area contributed by atoms with Crippen LogP contribution in [-0.2, 0) is 13.3 Å². The number of hydrogen-bond acceptors (Lipinski definition) is 4. The summed E-state index contributed by atoms with van der Waals surface area (Å²) in [5.41, 5.74) is 0. The summed E-state index contributed by atoms with van der Waals surface area (Å²) in [7, 11) is -2.55. The van der Waals surface area contributed by atoms with Crippen LogP contribution in [0.25, 0.3) is 0 Å². The van der Waals surface area contributed by atoms with Gasteiger partial charge in [0, 0.05) is 31.6 Å². The van der Waals surface area contributed by atoms with Crippen molar-refractivity contribution in [2.24, 2.45) is 0 Å². The lowest BCUT2D eigenvalue weighted by Gasteiger charge is -2.45. The average Bonchev–Trinajstić information content (AvgIpc) is 2.21. The number of fused-ring (bicyclic) bond motifs is 6. The summed E-state index contributed by atoms with van der Waals surface area (Å²) in [6, 6.07) is 0.829. The van der Waals surface area contributed by atoms with E-state index in [2.05, 4.69) is 25.7 Å². The molecule has 106 valence electrons. The number of hydrogen-bond donors (Lipinski definition) is 0. The Balaban J connectivity index is 2.18. The van der Waals surface area contributed by atoms with E-state index in [9.17, 15) is 0 Å². The molecule has 3 unspecified atom stereocenters.